The zero-order valence-electron chi connectivity index (χ0n) is 11.8. The minimum Gasteiger partial charge on any atom is -0.480 e. The monoisotopic (exact) mass is 323 g/mol. The van der Waals surface area contributed by atoms with Gasteiger partial charge in [-0.1, -0.05) is 41.9 Å². The van der Waals surface area contributed by atoms with Crippen molar-refractivity contribution in [2.24, 2.45) is 10.2 Å². The van der Waals surface area contributed by atoms with Crippen LogP contribution in [0, 0.1) is 11.3 Å². The fourth-order valence-corrected chi connectivity index (χ4v) is 2.19. The zero-order chi connectivity index (χ0) is 16.2. The molecule has 0 bridgehead atoms. The summed E-state index contributed by atoms with van der Waals surface area (Å²) in [5, 5.41) is 27.7. The topological polar surface area (TPSA) is 81.9 Å². The van der Waals surface area contributed by atoms with Crippen LogP contribution in [0.5, 0.6) is 5.95 Å². The number of rotatable bonds is 3. The molecule has 0 unspecified atom stereocenters. The Morgan fingerprint density at radius 1 is 1.00 bits per heavy atom. The third-order valence-corrected chi connectivity index (χ3v) is 3.38. The minimum atomic E-state index is -0.476. The lowest BCUT2D eigenvalue weighted by Gasteiger charge is -1.98. The van der Waals surface area contributed by atoms with Gasteiger partial charge in [-0.25, -0.2) is 0 Å². The number of hydrogen-bond donors (Lipinski definition) is 1. The Kier molecular flexibility index (Phi) is 4.09. The second-order valence-electron chi connectivity index (χ2n) is 4.62. The average Bonchev–Trinajstić information content (AvgIpc) is 2.90. The second-order valence-corrected chi connectivity index (χ2v) is 5.05. The van der Waals surface area contributed by atoms with Gasteiger partial charge < -0.3 is 9.52 Å². The van der Waals surface area contributed by atoms with Crippen LogP contribution in [0.15, 0.2) is 69.2 Å². The van der Waals surface area contributed by atoms with Crippen LogP contribution >= 0.6 is 11.6 Å². The third kappa shape index (κ3) is 3.07. The molecule has 1 heterocycles. The lowest BCUT2D eigenvalue weighted by atomic mass is 10.0. The molecule has 2 aromatic carbocycles. The Morgan fingerprint density at radius 2 is 1.70 bits per heavy atom. The van der Waals surface area contributed by atoms with Crippen molar-refractivity contribution in [1.82, 2.24) is 0 Å². The van der Waals surface area contributed by atoms with Gasteiger partial charge in [0, 0.05) is 5.02 Å². The number of furan rings is 1. The minimum absolute atomic E-state index is 0.0289. The van der Waals surface area contributed by atoms with Crippen LogP contribution < -0.4 is 0 Å². The summed E-state index contributed by atoms with van der Waals surface area (Å²) in [6.45, 7) is 0. The fraction of sp³-hybridized carbons (Fsp3) is 0. The van der Waals surface area contributed by atoms with E-state index in [1.807, 2.05) is 24.3 Å². The number of nitriles is 1. The predicted octanol–water partition coefficient (Wildman–Crippen LogP) is 5.59. The lowest BCUT2D eigenvalue weighted by Crippen LogP contribution is -1.79. The summed E-state index contributed by atoms with van der Waals surface area (Å²) < 4.78 is 5.18. The number of azo groups is 1. The van der Waals surface area contributed by atoms with Crippen molar-refractivity contribution in [2.75, 3.05) is 0 Å². The summed E-state index contributed by atoms with van der Waals surface area (Å²) in [5.74, 6) is -0.406. The van der Waals surface area contributed by atoms with E-state index in [0.29, 0.717) is 21.8 Å². The van der Waals surface area contributed by atoms with Crippen molar-refractivity contribution in [1.29, 1.82) is 5.26 Å². The highest BCUT2D eigenvalue weighted by atomic mass is 35.5. The second kappa shape index (κ2) is 6.34. The average molecular weight is 324 g/mol. The first-order valence-corrected chi connectivity index (χ1v) is 7.05. The van der Waals surface area contributed by atoms with E-state index in [1.165, 1.54) is 0 Å². The van der Waals surface area contributed by atoms with Crippen molar-refractivity contribution in [3.63, 3.8) is 0 Å². The lowest BCUT2D eigenvalue weighted by molar-refractivity contribution is 0.335. The van der Waals surface area contributed by atoms with E-state index in [4.69, 9.17) is 16.0 Å². The first-order chi connectivity index (χ1) is 11.2. The van der Waals surface area contributed by atoms with Gasteiger partial charge in [0.2, 0.25) is 0 Å². The maximum Gasteiger partial charge on any atom is 0.303 e. The standard InChI is InChI=1S/C17H10ClN3O2/c18-12-6-8-13(9-7-12)20-21-16-15(11-4-2-1-3-5-11)14(10-19)17(22)23-16/h1-9,22H. The molecule has 3 aromatic rings. The Labute approximate surface area is 137 Å². The molecule has 0 aliphatic carbocycles. The van der Waals surface area contributed by atoms with Gasteiger partial charge in [0.15, 0.2) is 0 Å². The summed E-state index contributed by atoms with van der Waals surface area (Å²) in [4.78, 5) is 0. The van der Waals surface area contributed by atoms with Crippen molar-refractivity contribution in [3.8, 4) is 23.1 Å². The van der Waals surface area contributed by atoms with Crippen LogP contribution in [-0.4, -0.2) is 5.11 Å². The van der Waals surface area contributed by atoms with Crippen LogP contribution in [0.4, 0.5) is 11.6 Å². The number of benzene rings is 2. The molecule has 1 N–H and O–H groups in total. The quantitative estimate of drug-likeness (QED) is 0.637. The van der Waals surface area contributed by atoms with Crippen LogP contribution in [0.2, 0.25) is 5.02 Å². The SMILES string of the molecule is N#Cc1c(O)oc(N=Nc2ccc(Cl)cc2)c1-c1ccccc1. The van der Waals surface area contributed by atoms with Crippen molar-refractivity contribution >= 4 is 23.2 Å². The van der Waals surface area contributed by atoms with Gasteiger partial charge >= 0.3 is 5.95 Å². The molecule has 0 fully saturated rings. The molecule has 0 saturated carbocycles. The Bertz CT molecular complexity index is 894. The summed E-state index contributed by atoms with van der Waals surface area (Å²) in [7, 11) is 0. The van der Waals surface area contributed by atoms with Crippen molar-refractivity contribution in [2.45, 2.75) is 0 Å². The molecule has 112 valence electrons. The summed E-state index contributed by atoms with van der Waals surface area (Å²) in [6, 6.07) is 17.8. The van der Waals surface area contributed by atoms with E-state index in [1.54, 1.807) is 36.4 Å². The van der Waals surface area contributed by atoms with E-state index < -0.39 is 5.95 Å². The predicted molar refractivity (Wildman–Crippen MR) is 86.2 cm³/mol. The fourth-order valence-electron chi connectivity index (χ4n) is 2.07. The smallest absolute Gasteiger partial charge is 0.303 e. The highest BCUT2D eigenvalue weighted by Crippen LogP contribution is 2.41. The van der Waals surface area contributed by atoms with Crippen LogP contribution in [-0.2, 0) is 0 Å². The maximum atomic E-state index is 9.80. The molecule has 0 amide bonds. The first kappa shape index (κ1) is 14.8. The molecular formula is C17H10ClN3O2. The molecule has 0 aliphatic rings. The van der Waals surface area contributed by atoms with Gasteiger partial charge in [-0.2, -0.15) is 5.26 Å². The number of nitrogens with zero attached hydrogens (tertiary/aromatic N) is 3. The van der Waals surface area contributed by atoms with Crippen LogP contribution in [0.1, 0.15) is 5.56 Å². The largest absolute Gasteiger partial charge is 0.480 e. The van der Waals surface area contributed by atoms with E-state index >= 15 is 0 Å². The molecule has 1 aromatic heterocycles. The molecule has 5 nitrogen and oxygen atoms in total. The summed E-state index contributed by atoms with van der Waals surface area (Å²) >= 11 is 5.82. The van der Waals surface area contributed by atoms with E-state index in [0.717, 1.165) is 0 Å². The van der Waals surface area contributed by atoms with Crippen LogP contribution in [0.3, 0.4) is 0 Å². The molecule has 6 heteroatoms. The van der Waals surface area contributed by atoms with E-state index in [2.05, 4.69) is 10.2 Å². The van der Waals surface area contributed by atoms with Gasteiger partial charge in [-0.15, -0.1) is 10.2 Å². The molecule has 0 atom stereocenters. The molecule has 3 rings (SSSR count). The molecule has 23 heavy (non-hydrogen) atoms. The van der Waals surface area contributed by atoms with E-state index in [9.17, 15) is 10.4 Å². The molecule has 0 spiro atoms. The van der Waals surface area contributed by atoms with Gasteiger partial charge in [0.1, 0.15) is 11.6 Å². The van der Waals surface area contributed by atoms with Gasteiger partial charge in [-0.3, -0.25) is 0 Å². The highest BCUT2D eigenvalue weighted by molar-refractivity contribution is 6.30. The highest BCUT2D eigenvalue weighted by Gasteiger charge is 2.21. The van der Waals surface area contributed by atoms with Crippen LogP contribution in [0.25, 0.3) is 11.1 Å². The first-order valence-electron chi connectivity index (χ1n) is 6.67. The summed E-state index contributed by atoms with van der Waals surface area (Å²) in [5.41, 5.74) is 1.71. The van der Waals surface area contributed by atoms with E-state index in [-0.39, 0.29) is 11.4 Å². The number of aromatic hydroxyl groups is 1. The normalized spacial score (nSPS) is 10.8. The summed E-state index contributed by atoms with van der Waals surface area (Å²) in [6.07, 6.45) is 0. The molecule has 0 aliphatic heterocycles. The van der Waals surface area contributed by atoms with Crippen molar-refractivity contribution in [3.05, 3.63) is 65.2 Å². The Hall–Kier alpha value is -3.10. The van der Waals surface area contributed by atoms with Gasteiger partial charge in [0.25, 0.3) is 5.88 Å². The van der Waals surface area contributed by atoms with Crippen molar-refractivity contribution < 1.29 is 9.52 Å². The third-order valence-electron chi connectivity index (χ3n) is 3.13. The van der Waals surface area contributed by atoms with Gasteiger partial charge in [-0.05, 0) is 29.8 Å². The molecule has 0 saturated heterocycles. The zero-order valence-corrected chi connectivity index (χ0v) is 12.5. The number of hydrogen-bond acceptors (Lipinski definition) is 5. The van der Waals surface area contributed by atoms with Gasteiger partial charge in [0.05, 0.1) is 11.3 Å². The maximum absolute atomic E-state index is 9.80. The number of halogens is 1. The molecule has 0 radical (unpaired) electrons. The Balaban J connectivity index is 2.06. The Morgan fingerprint density at radius 3 is 2.35 bits per heavy atom. The molecular weight excluding hydrogens is 314 g/mol.